The smallest absolute Gasteiger partial charge is 0.234 e. The van der Waals surface area contributed by atoms with Crippen molar-refractivity contribution in [3.05, 3.63) is 40.4 Å². The van der Waals surface area contributed by atoms with E-state index in [-0.39, 0.29) is 11.4 Å². The Bertz CT molecular complexity index is 901. The molecule has 0 spiro atoms. The summed E-state index contributed by atoms with van der Waals surface area (Å²) >= 11 is 5.70. The van der Waals surface area contributed by atoms with Crippen LogP contribution in [-0.4, -0.2) is 68.3 Å². The van der Waals surface area contributed by atoms with Crippen LogP contribution in [0.1, 0.15) is 32.2 Å². The largest absolute Gasteiger partial charge is 0.350 e. The number of nitrogens with zero attached hydrogens (tertiary/aromatic N) is 5. The zero-order valence-electron chi connectivity index (χ0n) is 18.1. The lowest BCUT2D eigenvalue weighted by Crippen LogP contribution is -2.51. The van der Waals surface area contributed by atoms with Crippen LogP contribution in [0.15, 0.2) is 24.3 Å². The summed E-state index contributed by atoms with van der Waals surface area (Å²) in [6.07, 6.45) is 0. The number of rotatable bonds is 5. The van der Waals surface area contributed by atoms with Crippen LogP contribution in [0.5, 0.6) is 0 Å². The van der Waals surface area contributed by atoms with E-state index in [0.29, 0.717) is 18.0 Å². The Kier molecular flexibility index (Phi) is 6.55. The van der Waals surface area contributed by atoms with Gasteiger partial charge in [0.15, 0.2) is 0 Å². The third-order valence-electron chi connectivity index (χ3n) is 4.97. The molecule has 0 bridgehead atoms. The van der Waals surface area contributed by atoms with Crippen molar-refractivity contribution < 1.29 is 4.79 Å². The molecule has 0 unspecified atom stereocenters. The monoisotopic (exact) mass is 416 g/mol. The molecule has 1 aromatic carbocycles. The molecule has 0 radical (unpaired) electrons. The molecular weight excluding hydrogens is 384 g/mol. The lowest BCUT2D eigenvalue weighted by Gasteiger charge is -2.34. The summed E-state index contributed by atoms with van der Waals surface area (Å²) in [6, 6.07) is 8.32. The van der Waals surface area contributed by atoms with Gasteiger partial charge in [-0.15, -0.1) is 0 Å². The average molecular weight is 417 g/mol. The minimum atomic E-state index is -0.191. The number of carbonyl (C=O) groups is 1. The third-order valence-corrected chi connectivity index (χ3v) is 5.37. The van der Waals surface area contributed by atoms with E-state index in [2.05, 4.69) is 51.4 Å². The van der Waals surface area contributed by atoms with E-state index in [1.54, 1.807) is 0 Å². The molecule has 1 N–H and O–H groups in total. The van der Waals surface area contributed by atoms with Crippen molar-refractivity contribution >= 4 is 18.1 Å². The van der Waals surface area contributed by atoms with E-state index in [1.165, 1.54) is 5.56 Å². The first-order valence-electron chi connectivity index (χ1n) is 10.1. The van der Waals surface area contributed by atoms with Crippen molar-refractivity contribution in [3.8, 4) is 5.69 Å². The lowest BCUT2D eigenvalue weighted by atomic mass is 10.1. The summed E-state index contributed by atoms with van der Waals surface area (Å²) in [6.45, 7) is 14.7. The first kappa shape index (κ1) is 21.7. The van der Waals surface area contributed by atoms with Crippen LogP contribution in [0.3, 0.4) is 0 Å². The second kappa shape index (κ2) is 8.77. The van der Waals surface area contributed by atoms with Gasteiger partial charge in [0.2, 0.25) is 10.7 Å². The van der Waals surface area contributed by atoms with Gasteiger partial charge in [-0.2, -0.15) is 5.10 Å². The van der Waals surface area contributed by atoms with Gasteiger partial charge in [0.25, 0.3) is 0 Å². The Hall–Kier alpha value is -2.03. The summed E-state index contributed by atoms with van der Waals surface area (Å²) in [5.41, 5.74) is 2.07. The van der Waals surface area contributed by atoms with Crippen LogP contribution in [0, 0.1) is 18.6 Å². The minimum Gasteiger partial charge on any atom is -0.350 e. The Morgan fingerprint density at radius 2 is 1.66 bits per heavy atom. The summed E-state index contributed by atoms with van der Waals surface area (Å²) in [5.74, 6) is 0.969. The number of hydrogen-bond donors (Lipinski definition) is 1. The van der Waals surface area contributed by atoms with E-state index in [0.717, 1.165) is 37.7 Å². The molecule has 1 saturated heterocycles. The highest BCUT2D eigenvalue weighted by Gasteiger charge is 2.22. The molecule has 7 nitrogen and oxygen atoms in total. The molecule has 1 aromatic heterocycles. The van der Waals surface area contributed by atoms with Crippen LogP contribution in [0.25, 0.3) is 5.69 Å². The Morgan fingerprint density at radius 1 is 1.07 bits per heavy atom. The standard InChI is InChI=1S/C21H32N6OS/c1-16-6-8-18(9-7-16)27-17(2)23-26(20(27)29)15-25-12-10-24(11-13-25)14-19(28)22-21(3,4)5/h6-9H,10-15H2,1-5H3,(H,22,28). The molecule has 1 aliphatic rings. The van der Waals surface area contributed by atoms with Crippen molar-refractivity contribution in [1.82, 2.24) is 29.5 Å². The molecule has 0 saturated carbocycles. The van der Waals surface area contributed by atoms with Gasteiger partial charge < -0.3 is 5.32 Å². The first-order valence-corrected chi connectivity index (χ1v) is 10.5. The fraction of sp³-hybridized carbons (Fsp3) is 0.571. The molecule has 2 aromatic rings. The van der Waals surface area contributed by atoms with E-state index >= 15 is 0 Å². The number of amides is 1. The highest BCUT2D eigenvalue weighted by Crippen LogP contribution is 2.14. The minimum absolute atomic E-state index is 0.0839. The number of carbonyl (C=O) groups excluding carboxylic acids is 1. The van der Waals surface area contributed by atoms with Gasteiger partial charge in [-0.3, -0.25) is 19.2 Å². The van der Waals surface area contributed by atoms with Crippen LogP contribution in [0.2, 0.25) is 0 Å². The van der Waals surface area contributed by atoms with Crippen molar-refractivity contribution in [2.45, 2.75) is 46.8 Å². The number of aromatic nitrogens is 3. The number of aryl methyl sites for hydroxylation is 2. The zero-order valence-corrected chi connectivity index (χ0v) is 18.9. The summed E-state index contributed by atoms with van der Waals surface area (Å²) in [4.78, 5) is 16.7. The number of benzene rings is 1. The van der Waals surface area contributed by atoms with Gasteiger partial charge in [0.1, 0.15) is 5.82 Å². The van der Waals surface area contributed by atoms with Crippen molar-refractivity contribution in [2.75, 3.05) is 32.7 Å². The van der Waals surface area contributed by atoms with Crippen LogP contribution < -0.4 is 5.32 Å². The predicted octanol–water partition coefficient (Wildman–Crippen LogP) is 2.51. The summed E-state index contributed by atoms with van der Waals surface area (Å²) < 4.78 is 4.62. The normalized spacial score (nSPS) is 16.2. The maximum absolute atomic E-state index is 12.1. The van der Waals surface area contributed by atoms with E-state index in [1.807, 2.05) is 36.9 Å². The SMILES string of the molecule is Cc1ccc(-n2c(C)nn(CN3CCN(CC(=O)NC(C)(C)C)CC3)c2=S)cc1. The van der Waals surface area contributed by atoms with Gasteiger partial charge in [0, 0.05) is 37.4 Å². The molecule has 158 valence electrons. The van der Waals surface area contributed by atoms with Gasteiger partial charge >= 0.3 is 0 Å². The van der Waals surface area contributed by atoms with E-state index < -0.39 is 0 Å². The Morgan fingerprint density at radius 3 is 2.24 bits per heavy atom. The molecule has 3 rings (SSSR count). The van der Waals surface area contributed by atoms with Crippen LogP contribution >= 0.6 is 12.2 Å². The van der Waals surface area contributed by atoms with Gasteiger partial charge in [-0.25, -0.2) is 4.68 Å². The average Bonchev–Trinajstić information content (AvgIpc) is 2.89. The number of nitrogens with one attached hydrogen (secondary N) is 1. The van der Waals surface area contributed by atoms with Crippen molar-refractivity contribution in [1.29, 1.82) is 0 Å². The van der Waals surface area contributed by atoms with Gasteiger partial charge in [-0.1, -0.05) is 17.7 Å². The zero-order chi connectivity index (χ0) is 21.2. The van der Waals surface area contributed by atoms with Crippen molar-refractivity contribution in [2.24, 2.45) is 0 Å². The fourth-order valence-corrected chi connectivity index (χ4v) is 3.87. The highest BCUT2D eigenvalue weighted by molar-refractivity contribution is 7.71. The van der Waals surface area contributed by atoms with Crippen LogP contribution in [0.4, 0.5) is 0 Å². The first-order chi connectivity index (χ1) is 13.6. The molecule has 0 atom stereocenters. The molecule has 1 aliphatic heterocycles. The Balaban J connectivity index is 1.59. The second-order valence-corrected chi connectivity index (χ2v) is 9.20. The third kappa shape index (κ3) is 5.74. The molecule has 8 heteroatoms. The quantitative estimate of drug-likeness (QED) is 0.759. The summed E-state index contributed by atoms with van der Waals surface area (Å²) in [5, 5.41) is 7.69. The van der Waals surface area contributed by atoms with Gasteiger partial charge in [0.05, 0.1) is 13.2 Å². The topological polar surface area (TPSA) is 58.3 Å². The number of piperazine rings is 1. The molecule has 1 fully saturated rings. The predicted molar refractivity (Wildman–Crippen MR) is 118 cm³/mol. The molecule has 29 heavy (non-hydrogen) atoms. The second-order valence-electron chi connectivity index (χ2n) is 8.83. The van der Waals surface area contributed by atoms with Crippen molar-refractivity contribution in [3.63, 3.8) is 0 Å². The number of hydrogen-bond acceptors (Lipinski definition) is 5. The fourth-order valence-electron chi connectivity index (χ4n) is 3.54. The maximum atomic E-state index is 12.1. The molecular formula is C21H32N6OS. The lowest BCUT2D eigenvalue weighted by molar-refractivity contribution is -0.124. The van der Waals surface area contributed by atoms with Crippen LogP contribution in [-0.2, 0) is 11.5 Å². The molecule has 2 heterocycles. The molecule has 1 amide bonds. The Labute approximate surface area is 178 Å². The van der Waals surface area contributed by atoms with Gasteiger partial charge in [-0.05, 0) is 59.0 Å². The van der Waals surface area contributed by atoms with E-state index in [9.17, 15) is 4.79 Å². The van der Waals surface area contributed by atoms with E-state index in [4.69, 9.17) is 12.2 Å². The summed E-state index contributed by atoms with van der Waals surface area (Å²) in [7, 11) is 0. The highest BCUT2D eigenvalue weighted by atomic mass is 32.1. The molecule has 0 aliphatic carbocycles. The maximum Gasteiger partial charge on any atom is 0.234 e.